The highest BCUT2D eigenvalue weighted by Crippen LogP contribution is 2.30. The van der Waals surface area contributed by atoms with Gasteiger partial charge in [-0.1, -0.05) is 50.2 Å². The van der Waals surface area contributed by atoms with Gasteiger partial charge in [-0.3, -0.25) is 4.79 Å². The van der Waals surface area contributed by atoms with Crippen LogP contribution in [-0.2, 0) is 21.4 Å². The molecule has 2 N–H and O–H groups in total. The monoisotopic (exact) mass is 530 g/mol. The Labute approximate surface area is 203 Å². The zero-order chi connectivity index (χ0) is 23.8. The Morgan fingerprint density at radius 3 is 2.36 bits per heavy atom. The van der Waals surface area contributed by atoms with Gasteiger partial charge in [-0.2, -0.15) is 0 Å². The second kappa shape index (κ2) is 11.4. The van der Waals surface area contributed by atoms with Crippen molar-refractivity contribution in [1.29, 1.82) is 0 Å². The number of amides is 1. The van der Waals surface area contributed by atoms with Gasteiger partial charge in [0.25, 0.3) is 5.91 Å². The lowest BCUT2D eigenvalue weighted by molar-refractivity contribution is -0.118. The third kappa shape index (κ3) is 7.15. The molecule has 3 rings (SSSR count). The second-order valence-electron chi connectivity index (χ2n) is 7.67. The summed E-state index contributed by atoms with van der Waals surface area (Å²) in [5.74, 6) is 0.688. The first-order valence-corrected chi connectivity index (χ1v) is 12.9. The fraction of sp³-hybridized carbons (Fsp3) is 0.240. The summed E-state index contributed by atoms with van der Waals surface area (Å²) < 4.78 is 34.0. The summed E-state index contributed by atoms with van der Waals surface area (Å²) in [6.45, 7) is 4.33. The molecule has 0 radical (unpaired) electrons. The highest BCUT2D eigenvalue weighted by Gasteiger charge is 2.14. The molecule has 0 spiro atoms. The minimum Gasteiger partial charge on any atom is -0.483 e. The van der Waals surface area contributed by atoms with Crippen LogP contribution < -0.4 is 14.8 Å². The number of ether oxygens (including phenoxy) is 1. The summed E-state index contributed by atoms with van der Waals surface area (Å²) >= 11 is 3.50. The summed E-state index contributed by atoms with van der Waals surface area (Å²) in [5, 5.41) is 2.71. The van der Waals surface area contributed by atoms with Crippen LogP contribution in [0.15, 0.2) is 82.2 Å². The van der Waals surface area contributed by atoms with E-state index in [2.05, 4.69) is 39.8 Å². The van der Waals surface area contributed by atoms with E-state index >= 15 is 0 Å². The van der Waals surface area contributed by atoms with E-state index in [1.807, 2.05) is 48.5 Å². The van der Waals surface area contributed by atoms with Gasteiger partial charge in [0.2, 0.25) is 10.0 Å². The Morgan fingerprint density at radius 2 is 1.73 bits per heavy atom. The molecule has 3 aromatic carbocycles. The third-order valence-corrected chi connectivity index (χ3v) is 7.29. The molecule has 0 saturated heterocycles. The van der Waals surface area contributed by atoms with E-state index in [0.29, 0.717) is 17.4 Å². The molecule has 33 heavy (non-hydrogen) atoms. The van der Waals surface area contributed by atoms with Gasteiger partial charge < -0.3 is 10.1 Å². The van der Waals surface area contributed by atoms with Crippen LogP contribution in [-0.4, -0.2) is 20.9 Å². The van der Waals surface area contributed by atoms with E-state index in [-0.39, 0.29) is 24.0 Å². The Kier molecular flexibility index (Phi) is 8.66. The minimum atomic E-state index is -3.66. The number of carbonyl (C=O) groups is 1. The molecule has 0 saturated carbocycles. The summed E-state index contributed by atoms with van der Waals surface area (Å²) in [4.78, 5) is 12.4. The van der Waals surface area contributed by atoms with Crippen LogP contribution in [0.4, 0.5) is 5.69 Å². The second-order valence-corrected chi connectivity index (χ2v) is 10.3. The average Bonchev–Trinajstić information content (AvgIpc) is 2.82. The van der Waals surface area contributed by atoms with Crippen molar-refractivity contribution in [2.45, 2.75) is 37.6 Å². The highest BCUT2D eigenvalue weighted by molar-refractivity contribution is 9.10. The largest absolute Gasteiger partial charge is 0.483 e. The van der Waals surface area contributed by atoms with Gasteiger partial charge in [0.1, 0.15) is 5.75 Å². The van der Waals surface area contributed by atoms with Crippen molar-refractivity contribution >= 4 is 37.5 Å². The topological polar surface area (TPSA) is 84.5 Å². The van der Waals surface area contributed by atoms with E-state index < -0.39 is 10.0 Å². The predicted molar refractivity (Wildman–Crippen MR) is 134 cm³/mol. The van der Waals surface area contributed by atoms with Gasteiger partial charge in [-0.15, -0.1) is 0 Å². The van der Waals surface area contributed by atoms with Crippen LogP contribution in [0.25, 0.3) is 0 Å². The fourth-order valence-corrected chi connectivity index (χ4v) is 4.62. The number of halogens is 1. The number of benzene rings is 3. The van der Waals surface area contributed by atoms with Gasteiger partial charge in [0.05, 0.1) is 9.37 Å². The molecule has 0 heterocycles. The molecular weight excluding hydrogens is 504 g/mol. The SMILES string of the molecule is CCC(C)c1ccc(OCC(=O)Nc2ccc(S(=O)(=O)NCc3ccccc3)cc2)c(Br)c1. The van der Waals surface area contributed by atoms with Crippen LogP contribution in [0, 0.1) is 0 Å². The van der Waals surface area contributed by atoms with Crippen LogP contribution in [0.1, 0.15) is 37.3 Å². The van der Waals surface area contributed by atoms with Crippen molar-refractivity contribution in [1.82, 2.24) is 4.72 Å². The number of rotatable bonds is 10. The summed E-state index contributed by atoms with van der Waals surface area (Å²) in [6, 6.07) is 21.1. The maximum Gasteiger partial charge on any atom is 0.262 e. The van der Waals surface area contributed by atoms with E-state index in [9.17, 15) is 13.2 Å². The van der Waals surface area contributed by atoms with Crippen LogP contribution >= 0.6 is 15.9 Å². The molecule has 3 aromatic rings. The summed E-state index contributed by atoms with van der Waals surface area (Å²) in [6.07, 6.45) is 1.04. The minimum absolute atomic E-state index is 0.123. The lowest BCUT2D eigenvalue weighted by Crippen LogP contribution is -2.23. The van der Waals surface area contributed by atoms with Crippen molar-refractivity contribution in [3.05, 3.63) is 88.4 Å². The van der Waals surface area contributed by atoms with Crippen molar-refractivity contribution in [3.63, 3.8) is 0 Å². The molecule has 1 atom stereocenters. The Morgan fingerprint density at radius 1 is 1.03 bits per heavy atom. The molecule has 0 aliphatic heterocycles. The van der Waals surface area contributed by atoms with Crippen molar-refractivity contribution < 1.29 is 17.9 Å². The van der Waals surface area contributed by atoms with Crippen molar-refractivity contribution in [2.24, 2.45) is 0 Å². The molecule has 0 bridgehead atoms. The molecule has 1 amide bonds. The Hall–Kier alpha value is -2.68. The molecule has 8 heteroatoms. The maximum atomic E-state index is 12.5. The van der Waals surface area contributed by atoms with Gasteiger partial charge in [-0.25, -0.2) is 13.1 Å². The summed E-state index contributed by atoms with van der Waals surface area (Å²) in [7, 11) is -3.66. The number of anilines is 1. The zero-order valence-corrected chi connectivity index (χ0v) is 20.9. The van der Waals surface area contributed by atoms with Gasteiger partial charge in [0.15, 0.2) is 6.61 Å². The molecule has 174 valence electrons. The molecule has 0 aromatic heterocycles. The molecule has 0 aliphatic carbocycles. The first-order chi connectivity index (χ1) is 15.8. The number of carbonyl (C=O) groups excluding carboxylic acids is 1. The normalized spacial score (nSPS) is 12.2. The Bertz CT molecular complexity index is 1180. The van der Waals surface area contributed by atoms with E-state index in [0.717, 1.165) is 16.5 Å². The van der Waals surface area contributed by atoms with Crippen LogP contribution in [0.2, 0.25) is 0 Å². The van der Waals surface area contributed by atoms with E-state index in [1.54, 1.807) is 12.1 Å². The quantitative estimate of drug-likeness (QED) is 0.364. The van der Waals surface area contributed by atoms with Gasteiger partial charge >= 0.3 is 0 Å². The Balaban J connectivity index is 1.53. The number of hydrogen-bond donors (Lipinski definition) is 2. The predicted octanol–water partition coefficient (Wildman–Crippen LogP) is 5.46. The van der Waals surface area contributed by atoms with E-state index in [1.165, 1.54) is 17.7 Å². The smallest absolute Gasteiger partial charge is 0.262 e. The highest BCUT2D eigenvalue weighted by atomic mass is 79.9. The molecule has 6 nitrogen and oxygen atoms in total. The van der Waals surface area contributed by atoms with E-state index in [4.69, 9.17) is 4.74 Å². The summed E-state index contributed by atoms with van der Waals surface area (Å²) in [5.41, 5.74) is 2.55. The van der Waals surface area contributed by atoms with Gasteiger partial charge in [-0.05, 0) is 75.8 Å². The lowest BCUT2D eigenvalue weighted by Gasteiger charge is -2.13. The van der Waals surface area contributed by atoms with Gasteiger partial charge in [0, 0.05) is 12.2 Å². The fourth-order valence-electron chi connectivity index (χ4n) is 3.09. The van der Waals surface area contributed by atoms with Crippen LogP contribution in [0.3, 0.4) is 0 Å². The average molecular weight is 531 g/mol. The first-order valence-electron chi connectivity index (χ1n) is 10.6. The zero-order valence-electron chi connectivity index (χ0n) is 18.5. The third-order valence-electron chi connectivity index (χ3n) is 5.25. The van der Waals surface area contributed by atoms with Crippen LogP contribution in [0.5, 0.6) is 5.75 Å². The molecule has 0 aliphatic rings. The molecular formula is C25H27BrN2O4S. The number of nitrogens with one attached hydrogen (secondary N) is 2. The molecule has 0 fully saturated rings. The number of hydrogen-bond acceptors (Lipinski definition) is 4. The molecule has 1 unspecified atom stereocenters. The maximum absolute atomic E-state index is 12.5. The van der Waals surface area contributed by atoms with Crippen molar-refractivity contribution in [3.8, 4) is 5.75 Å². The lowest BCUT2D eigenvalue weighted by atomic mass is 9.99. The van der Waals surface area contributed by atoms with Crippen molar-refractivity contribution in [2.75, 3.05) is 11.9 Å². The first kappa shape index (κ1) is 25.0. The number of sulfonamides is 1. The standard InChI is InChI=1S/C25H27BrN2O4S/c1-3-18(2)20-9-14-24(23(26)15-20)32-17-25(29)28-21-10-12-22(13-11-21)33(30,31)27-16-19-7-5-4-6-8-19/h4-15,18,27H,3,16-17H2,1-2H3,(H,28,29).